The molecule has 0 aliphatic carbocycles. The number of hydrogen-bond donors (Lipinski definition) is 0. The van der Waals surface area contributed by atoms with E-state index in [1.54, 1.807) is 24.0 Å². The van der Waals surface area contributed by atoms with Gasteiger partial charge in [0.1, 0.15) is 6.61 Å². The summed E-state index contributed by atoms with van der Waals surface area (Å²) in [6.07, 6.45) is 3.45. The van der Waals surface area contributed by atoms with Crippen molar-refractivity contribution >= 4 is 16.3 Å². The van der Waals surface area contributed by atoms with Crippen molar-refractivity contribution in [2.24, 2.45) is 0 Å². The summed E-state index contributed by atoms with van der Waals surface area (Å²) in [5.74, 6) is 2.04. The summed E-state index contributed by atoms with van der Waals surface area (Å²) in [5, 5.41) is 13.7. The van der Waals surface area contributed by atoms with E-state index in [9.17, 15) is 0 Å². The van der Waals surface area contributed by atoms with Crippen molar-refractivity contribution in [2.45, 2.75) is 6.61 Å². The highest BCUT2D eigenvalue weighted by Gasteiger charge is 2.14. The number of fused-ring (bicyclic) bond motifs is 1. The van der Waals surface area contributed by atoms with Gasteiger partial charge in [-0.3, -0.25) is 4.98 Å². The van der Waals surface area contributed by atoms with E-state index in [0.717, 1.165) is 10.6 Å². The molecule has 0 amide bonds. The highest BCUT2D eigenvalue weighted by molar-refractivity contribution is 7.16. The van der Waals surface area contributed by atoms with Gasteiger partial charge in [0.15, 0.2) is 22.3 Å². The Labute approximate surface area is 141 Å². The first-order valence-corrected chi connectivity index (χ1v) is 8.04. The van der Waals surface area contributed by atoms with Crippen LogP contribution in [-0.4, -0.2) is 31.9 Å². The maximum Gasteiger partial charge on any atom is 0.235 e. The molecule has 3 heterocycles. The highest BCUT2D eigenvalue weighted by atomic mass is 32.1. The van der Waals surface area contributed by atoms with Crippen LogP contribution < -0.4 is 9.47 Å². The molecule has 0 radical (unpaired) electrons. The number of hydrogen-bond acceptors (Lipinski definition) is 7. The Hall–Kier alpha value is -3.00. The standard InChI is InChI=1S/C16H13N5O2S/c1-22-12-6-2-3-7-13(12)23-10-14-20-21-15(18-19-16(21)24-14)11-5-4-8-17-9-11/h2-9H,10H2,1H3. The lowest BCUT2D eigenvalue weighted by atomic mass is 10.3. The van der Waals surface area contributed by atoms with Crippen LogP contribution in [0.3, 0.4) is 0 Å². The molecule has 0 unspecified atom stereocenters. The van der Waals surface area contributed by atoms with Crippen molar-refractivity contribution in [1.82, 2.24) is 24.8 Å². The van der Waals surface area contributed by atoms with Gasteiger partial charge in [-0.05, 0) is 24.3 Å². The molecule has 0 bridgehead atoms. The lowest BCUT2D eigenvalue weighted by molar-refractivity contribution is 0.283. The van der Waals surface area contributed by atoms with Crippen LogP contribution in [0.2, 0.25) is 0 Å². The monoisotopic (exact) mass is 339 g/mol. The summed E-state index contributed by atoms with van der Waals surface area (Å²) in [7, 11) is 1.62. The number of para-hydroxylation sites is 2. The Bertz CT molecular complexity index is 967. The second-order valence-corrected chi connectivity index (χ2v) is 5.94. The number of rotatable bonds is 5. The first-order chi connectivity index (χ1) is 11.8. The molecule has 0 aliphatic rings. The number of benzene rings is 1. The SMILES string of the molecule is COc1ccccc1OCc1nn2c(-c3cccnc3)nnc2s1. The molecule has 8 heteroatoms. The molecular formula is C16H13N5O2S. The summed E-state index contributed by atoms with van der Waals surface area (Å²) in [5.41, 5.74) is 0.868. The lowest BCUT2D eigenvalue weighted by Crippen LogP contribution is -1.99. The van der Waals surface area contributed by atoms with Gasteiger partial charge in [-0.2, -0.15) is 9.61 Å². The fourth-order valence-electron chi connectivity index (χ4n) is 2.27. The first-order valence-electron chi connectivity index (χ1n) is 7.22. The van der Waals surface area contributed by atoms with Crippen LogP contribution in [0, 0.1) is 0 Å². The highest BCUT2D eigenvalue weighted by Crippen LogP contribution is 2.27. The number of nitrogens with zero attached hydrogens (tertiary/aromatic N) is 5. The van der Waals surface area contributed by atoms with Crippen molar-refractivity contribution in [1.29, 1.82) is 0 Å². The molecule has 0 N–H and O–H groups in total. The van der Waals surface area contributed by atoms with Crippen LogP contribution in [0.4, 0.5) is 0 Å². The third kappa shape index (κ3) is 2.67. The summed E-state index contributed by atoms with van der Waals surface area (Å²) in [6, 6.07) is 11.3. The fourth-order valence-corrected chi connectivity index (χ4v) is 3.01. The maximum absolute atomic E-state index is 5.81. The zero-order chi connectivity index (χ0) is 16.4. The third-order valence-corrected chi connectivity index (χ3v) is 4.24. The smallest absolute Gasteiger partial charge is 0.235 e. The Morgan fingerprint density at radius 1 is 1.08 bits per heavy atom. The molecule has 0 saturated carbocycles. The van der Waals surface area contributed by atoms with Crippen LogP contribution in [0.1, 0.15) is 5.01 Å². The molecule has 120 valence electrons. The molecule has 0 atom stereocenters. The number of pyridine rings is 1. The first kappa shape index (κ1) is 14.6. The van der Waals surface area contributed by atoms with Gasteiger partial charge in [0.05, 0.1) is 7.11 Å². The van der Waals surface area contributed by atoms with Crippen molar-refractivity contribution in [3.63, 3.8) is 0 Å². The molecule has 7 nitrogen and oxygen atoms in total. The average molecular weight is 339 g/mol. The number of aromatic nitrogens is 5. The minimum atomic E-state index is 0.334. The van der Waals surface area contributed by atoms with E-state index in [1.807, 2.05) is 36.4 Å². The molecule has 0 spiro atoms. The summed E-state index contributed by atoms with van der Waals surface area (Å²) in [6.45, 7) is 0.334. The van der Waals surface area contributed by atoms with Gasteiger partial charge in [-0.25, -0.2) is 0 Å². The van der Waals surface area contributed by atoms with E-state index < -0.39 is 0 Å². The van der Waals surface area contributed by atoms with E-state index >= 15 is 0 Å². The van der Waals surface area contributed by atoms with Crippen LogP contribution in [0.25, 0.3) is 16.3 Å². The van der Waals surface area contributed by atoms with Crippen LogP contribution in [0.5, 0.6) is 11.5 Å². The Morgan fingerprint density at radius 2 is 1.96 bits per heavy atom. The largest absolute Gasteiger partial charge is 0.493 e. The summed E-state index contributed by atoms with van der Waals surface area (Å²) >= 11 is 1.44. The van der Waals surface area contributed by atoms with E-state index in [-0.39, 0.29) is 0 Å². The normalized spacial score (nSPS) is 10.9. The van der Waals surface area contributed by atoms with Crippen molar-refractivity contribution in [2.75, 3.05) is 7.11 Å². The topological polar surface area (TPSA) is 74.4 Å². The van der Waals surface area contributed by atoms with Gasteiger partial charge in [0, 0.05) is 18.0 Å². The van der Waals surface area contributed by atoms with Gasteiger partial charge in [-0.15, -0.1) is 10.2 Å². The van der Waals surface area contributed by atoms with Gasteiger partial charge in [0.25, 0.3) is 0 Å². The zero-order valence-electron chi connectivity index (χ0n) is 12.8. The van der Waals surface area contributed by atoms with Crippen LogP contribution in [-0.2, 0) is 6.61 Å². The molecule has 1 aromatic carbocycles. The van der Waals surface area contributed by atoms with E-state index in [4.69, 9.17) is 9.47 Å². The summed E-state index contributed by atoms with van der Waals surface area (Å²) < 4.78 is 12.8. The second-order valence-electron chi connectivity index (χ2n) is 4.90. The van der Waals surface area contributed by atoms with E-state index in [2.05, 4.69) is 20.3 Å². The van der Waals surface area contributed by atoms with E-state index in [0.29, 0.717) is 28.9 Å². The molecular weight excluding hydrogens is 326 g/mol. The average Bonchev–Trinajstić information content (AvgIpc) is 3.21. The minimum absolute atomic E-state index is 0.334. The molecule has 0 saturated heterocycles. The Balaban J connectivity index is 1.59. The predicted molar refractivity (Wildman–Crippen MR) is 89.2 cm³/mol. The third-order valence-electron chi connectivity index (χ3n) is 3.37. The van der Waals surface area contributed by atoms with Gasteiger partial charge >= 0.3 is 0 Å². The van der Waals surface area contributed by atoms with Gasteiger partial charge in [-0.1, -0.05) is 23.5 Å². The van der Waals surface area contributed by atoms with Crippen molar-refractivity contribution < 1.29 is 9.47 Å². The fraction of sp³-hybridized carbons (Fsp3) is 0.125. The second kappa shape index (κ2) is 6.25. The van der Waals surface area contributed by atoms with Crippen molar-refractivity contribution in [3.05, 3.63) is 53.8 Å². The molecule has 4 rings (SSSR count). The molecule has 0 aliphatic heterocycles. The summed E-state index contributed by atoms with van der Waals surface area (Å²) in [4.78, 5) is 4.82. The maximum atomic E-state index is 5.81. The number of ether oxygens (including phenoxy) is 2. The van der Waals surface area contributed by atoms with E-state index in [1.165, 1.54) is 11.3 Å². The Morgan fingerprint density at radius 3 is 2.75 bits per heavy atom. The number of methoxy groups -OCH3 is 1. The van der Waals surface area contributed by atoms with Crippen molar-refractivity contribution in [3.8, 4) is 22.9 Å². The molecule has 0 fully saturated rings. The lowest BCUT2D eigenvalue weighted by Gasteiger charge is -2.08. The molecule has 4 aromatic rings. The zero-order valence-corrected chi connectivity index (χ0v) is 13.6. The van der Waals surface area contributed by atoms with Gasteiger partial charge < -0.3 is 9.47 Å². The van der Waals surface area contributed by atoms with Crippen LogP contribution in [0.15, 0.2) is 48.8 Å². The molecule has 24 heavy (non-hydrogen) atoms. The van der Waals surface area contributed by atoms with Gasteiger partial charge in [0.2, 0.25) is 4.96 Å². The van der Waals surface area contributed by atoms with Crippen LogP contribution >= 0.6 is 11.3 Å². The Kier molecular flexibility index (Phi) is 3.80. The molecule has 3 aromatic heterocycles. The quantitative estimate of drug-likeness (QED) is 0.557. The minimum Gasteiger partial charge on any atom is -0.493 e. The predicted octanol–water partition coefficient (Wildman–Crippen LogP) is 2.84.